The van der Waals surface area contributed by atoms with Gasteiger partial charge in [0.05, 0.1) is 24.3 Å². The number of ether oxygens (including phenoxy) is 1. The zero-order chi connectivity index (χ0) is 21.4. The fourth-order valence-corrected chi connectivity index (χ4v) is 3.18. The van der Waals surface area contributed by atoms with E-state index in [1.807, 2.05) is 32.2 Å². The molecule has 0 saturated carbocycles. The molecule has 9 heteroatoms. The number of methoxy groups -OCH3 is 1. The summed E-state index contributed by atoms with van der Waals surface area (Å²) in [4.78, 5) is 45.9. The number of para-hydroxylation sites is 2. The van der Waals surface area contributed by atoms with Crippen LogP contribution in [0, 0.1) is 5.92 Å². The number of nitrogens with zero attached hydrogens (tertiary/aromatic N) is 2. The maximum Gasteiger partial charge on any atom is 0.328 e. The van der Waals surface area contributed by atoms with Crippen LogP contribution in [0.2, 0.25) is 0 Å². The maximum absolute atomic E-state index is 12.8. The van der Waals surface area contributed by atoms with Crippen LogP contribution in [-0.2, 0) is 14.3 Å². The largest absolute Gasteiger partial charge is 0.467 e. The topological polar surface area (TPSA) is 110 Å². The van der Waals surface area contributed by atoms with Crippen LogP contribution in [0.3, 0.4) is 0 Å². The highest BCUT2D eigenvalue weighted by Gasteiger charge is 2.29. The van der Waals surface area contributed by atoms with Gasteiger partial charge in [0, 0.05) is 0 Å². The molecule has 2 rings (SSSR count). The Hall–Kier alpha value is -2.68. The molecule has 2 aromatic rings. The van der Waals surface area contributed by atoms with Gasteiger partial charge in [-0.3, -0.25) is 14.6 Å². The van der Waals surface area contributed by atoms with Crippen molar-refractivity contribution in [1.29, 1.82) is 0 Å². The Morgan fingerprint density at radius 3 is 2.45 bits per heavy atom. The Morgan fingerprint density at radius 1 is 1.14 bits per heavy atom. The second kappa shape index (κ2) is 10.8. The van der Waals surface area contributed by atoms with Gasteiger partial charge in [0.2, 0.25) is 5.91 Å². The molecule has 29 heavy (non-hydrogen) atoms. The molecule has 8 nitrogen and oxygen atoms in total. The highest BCUT2D eigenvalue weighted by molar-refractivity contribution is 7.98. The average molecular weight is 419 g/mol. The predicted octanol–water partition coefficient (Wildman–Crippen LogP) is 1.80. The Balaban J connectivity index is 2.13. The lowest BCUT2D eigenvalue weighted by atomic mass is 10.0. The van der Waals surface area contributed by atoms with E-state index >= 15 is 0 Å². The number of carbonyl (C=O) groups excluding carboxylic acids is 3. The number of carbonyl (C=O) groups is 3. The number of thioether (sulfide) groups is 1. The van der Waals surface area contributed by atoms with Crippen molar-refractivity contribution < 1.29 is 19.1 Å². The van der Waals surface area contributed by atoms with E-state index in [-0.39, 0.29) is 11.6 Å². The summed E-state index contributed by atoms with van der Waals surface area (Å²) >= 11 is 1.56. The molecule has 1 aromatic carbocycles. The molecule has 2 atom stereocenters. The lowest BCUT2D eigenvalue weighted by molar-refractivity contribution is -0.145. The van der Waals surface area contributed by atoms with Gasteiger partial charge in [-0.15, -0.1) is 0 Å². The smallest absolute Gasteiger partial charge is 0.328 e. The molecular weight excluding hydrogens is 392 g/mol. The van der Waals surface area contributed by atoms with E-state index < -0.39 is 29.9 Å². The summed E-state index contributed by atoms with van der Waals surface area (Å²) in [7, 11) is 1.28. The highest BCUT2D eigenvalue weighted by Crippen LogP contribution is 2.10. The van der Waals surface area contributed by atoms with Gasteiger partial charge in [0.1, 0.15) is 17.8 Å². The Morgan fingerprint density at radius 2 is 1.83 bits per heavy atom. The van der Waals surface area contributed by atoms with Gasteiger partial charge in [0.15, 0.2) is 0 Å². The van der Waals surface area contributed by atoms with Gasteiger partial charge < -0.3 is 15.4 Å². The zero-order valence-electron chi connectivity index (χ0n) is 17.0. The first-order valence-electron chi connectivity index (χ1n) is 9.27. The molecule has 0 radical (unpaired) electrons. The van der Waals surface area contributed by atoms with Crippen molar-refractivity contribution in [3.05, 3.63) is 36.2 Å². The first kappa shape index (κ1) is 22.6. The number of rotatable bonds is 9. The van der Waals surface area contributed by atoms with E-state index in [0.717, 1.165) is 0 Å². The van der Waals surface area contributed by atoms with Crippen LogP contribution < -0.4 is 10.6 Å². The fraction of sp³-hybridized carbons (Fsp3) is 0.450. The SMILES string of the molecule is COC(=O)[C@H](CCSC)NC(=O)[C@@H](NC(=O)c1cnc2ccccc2n1)C(C)C. The number of aromatic nitrogens is 2. The van der Waals surface area contributed by atoms with E-state index in [4.69, 9.17) is 4.74 Å². The summed E-state index contributed by atoms with van der Waals surface area (Å²) in [5, 5.41) is 5.40. The fourth-order valence-electron chi connectivity index (χ4n) is 2.71. The number of benzene rings is 1. The van der Waals surface area contributed by atoms with Crippen molar-refractivity contribution in [1.82, 2.24) is 20.6 Å². The van der Waals surface area contributed by atoms with Gasteiger partial charge in [-0.2, -0.15) is 11.8 Å². The van der Waals surface area contributed by atoms with Crippen molar-refractivity contribution >= 4 is 40.6 Å². The van der Waals surface area contributed by atoms with E-state index in [2.05, 4.69) is 20.6 Å². The van der Waals surface area contributed by atoms with Gasteiger partial charge in [-0.05, 0) is 36.5 Å². The Kier molecular flexibility index (Phi) is 8.38. The van der Waals surface area contributed by atoms with Crippen molar-refractivity contribution in [2.75, 3.05) is 19.1 Å². The number of hydrogen-bond acceptors (Lipinski definition) is 7. The van der Waals surface area contributed by atoms with E-state index in [0.29, 0.717) is 23.2 Å². The number of fused-ring (bicyclic) bond motifs is 1. The normalized spacial score (nSPS) is 13.0. The third-order valence-corrected chi connectivity index (χ3v) is 4.97. The third-order valence-electron chi connectivity index (χ3n) is 4.33. The summed E-state index contributed by atoms with van der Waals surface area (Å²) in [5.41, 5.74) is 1.39. The molecule has 1 heterocycles. The van der Waals surface area contributed by atoms with Crippen LogP contribution in [0.25, 0.3) is 11.0 Å². The Labute approximate surface area is 174 Å². The van der Waals surface area contributed by atoms with Crippen LogP contribution in [0.1, 0.15) is 30.8 Å². The summed E-state index contributed by atoms with van der Waals surface area (Å²) < 4.78 is 4.77. The predicted molar refractivity (Wildman–Crippen MR) is 113 cm³/mol. The molecule has 0 saturated heterocycles. The molecule has 2 N–H and O–H groups in total. The monoisotopic (exact) mass is 418 g/mol. The molecular formula is C20H26N4O4S. The summed E-state index contributed by atoms with van der Waals surface area (Å²) in [6.07, 6.45) is 3.73. The van der Waals surface area contributed by atoms with E-state index in [1.54, 1.807) is 23.9 Å². The quantitative estimate of drug-likeness (QED) is 0.598. The third kappa shape index (κ3) is 6.15. The minimum Gasteiger partial charge on any atom is -0.467 e. The molecule has 0 bridgehead atoms. The van der Waals surface area contributed by atoms with Crippen molar-refractivity contribution in [3.63, 3.8) is 0 Å². The van der Waals surface area contributed by atoms with Crippen LogP contribution >= 0.6 is 11.8 Å². The molecule has 0 fully saturated rings. The first-order chi connectivity index (χ1) is 13.9. The first-order valence-corrected chi connectivity index (χ1v) is 10.7. The number of hydrogen-bond donors (Lipinski definition) is 2. The van der Waals surface area contributed by atoms with E-state index in [1.165, 1.54) is 13.3 Å². The molecule has 1 aromatic heterocycles. The molecule has 0 spiro atoms. The van der Waals surface area contributed by atoms with Crippen LogP contribution in [-0.4, -0.2) is 59.0 Å². The molecule has 0 aliphatic carbocycles. The van der Waals surface area contributed by atoms with Crippen LogP contribution in [0.15, 0.2) is 30.5 Å². The lowest BCUT2D eigenvalue weighted by Crippen LogP contribution is -2.54. The minimum atomic E-state index is -0.836. The molecule has 0 unspecified atom stereocenters. The van der Waals surface area contributed by atoms with Crippen molar-refractivity contribution in [2.45, 2.75) is 32.4 Å². The molecule has 0 aliphatic rings. The van der Waals surface area contributed by atoms with Crippen molar-refractivity contribution in [2.24, 2.45) is 5.92 Å². The minimum absolute atomic E-state index is 0.119. The Bertz CT molecular complexity index is 874. The zero-order valence-corrected chi connectivity index (χ0v) is 17.8. The molecule has 156 valence electrons. The van der Waals surface area contributed by atoms with Gasteiger partial charge in [-0.25, -0.2) is 9.78 Å². The van der Waals surface area contributed by atoms with Crippen LogP contribution in [0.4, 0.5) is 0 Å². The number of amides is 2. The van der Waals surface area contributed by atoms with Gasteiger partial charge in [0.25, 0.3) is 5.91 Å². The number of esters is 1. The van der Waals surface area contributed by atoms with Crippen LogP contribution in [0.5, 0.6) is 0 Å². The van der Waals surface area contributed by atoms with Crippen molar-refractivity contribution in [3.8, 4) is 0 Å². The number of nitrogens with one attached hydrogen (secondary N) is 2. The van der Waals surface area contributed by atoms with Gasteiger partial charge >= 0.3 is 5.97 Å². The second-order valence-electron chi connectivity index (χ2n) is 6.80. The standard InChI is InChI=1S/C20H26N4O4S/c1-12(2)17(19(26)23-15(9-10-29-4)20(27)28-3)24-18(25)16-11-21-13-7-5-6-8-14(13)22-16/h5-8,11-12,15,17H,9-10H2,1-4H3,(H,23,26)(H,24,25)/t15-,17-/m0/s1. The van der Waals surface area contributed by atoms with E-state index in [9.17, 15) is 14.4 Å². The molecule has 0 aliphatic heterocycles. The average Bonchev–Trinajstić information content (AvgIpc) is 2.73. The maximum atomic E-state index is 12.8. The van der Waals surface area contributed by atoms with Gasteiger partial charge in [-0.1, -0.05) is 26.0 Å². The lowest BCUT2D eigenvalue weighted by Gasteiger charge is -2.24. The molecule has 2 amide bonds. The highest BCUT2D eigenvalue weighted by atomic mass is 32.2. The second-order valence-corrected chi connectivity index (χ2v) is 7.79. The summed E-state index contributed by atoms with van der Waals surface area (Å²) in [6.45, 7) is 3.62. The summed E-state index contributed by atoms with van der Waals surface area (Å²) in [5.74, 6) is -0.979. The summed E-state index contributed by atoms with van der Waals surface area (Å²) in [6, 6.07) is 5.61.